The Kier molecular flexibility index (Phi) is 3.88. The third-order valence-electron chi connectivity index (χ3n) is 1.95. The van der Waals surface area contributed by atoms with Gasteiger partial charge in [-0.1, -0.05) is 0 Å². The highest BCUT2D eigenvalue weighted by Gasteiger charge is 2.09. The summed E-state index contributed by atoms with van der Waals surface area (Å²) in [5, 5.41) is 0. The molecule has 0 radical (unpaired) electrons. The molecule has 74 valence electrons. The maximum absolute atomic E-state index is 5.36. The van der Waals surface area contributed by atoms with Crippen molar-refractivity contribution in [2.75, 3.05) is 13.7 Å². The van der Waals surface area contributed by atoms with Gasteiger partial charge in [0.25, 0.3) is 0 Å². The molecular formula is C8H16N4O. The summed E-state index contributed by atoms with van der Waals surface area (Å²) in [6.45, 7) is 0.587. The van der Waals surface area contributed by atoms with E-state index in [-0.39, 0.29) is 6.04 Å². The molecule has 0 fully saturated rings. The van der Waals surface area contributed by atoms with E-state index >= 15 is 0 Å². The van der Waals surface area contributed by atoms with Gasteiger partial charge >= 0.3 is 0 Å². The molecule has 0 saturated heterocycles. The topological polar surface area (TPSA) is 65.1 Å². The molecule has 13 heavy (non-hydrogen) atoms. The van der Waals surface area contributed by atoms with E-state index in [2.05, 4.69) is 10.4 Å². The number of ether oxygens (including phenoxy) is 1. The lowest BCUT2D eigenvalue weighted by molar-refractivity contribution is 0.165. The molecule has 0 saturated carbocycles. The number of hydrazine groups is 1. The highest BCUT2D eigenvalue weighted by Crippen LogP contribution is 1.99. The van der Waals surface area contributed by atoms with Gasteiger partial charge in [0, 0.05) is 33.0 Å². The van der Waals surface area contributed by atoms with Crippen LogP contribution >= 0.6 is 0 Å². The fraction of sp³-hybridized carbons (Fsp3) is 0.625. The van der Waals surface area contributed by atoms with Crippen LogP contribution in [0, 0.1) is 0 Å². The first-order valence-electron chi connectivity index (χ1n) is 4.19. The highest BCUT2D eigenvalue weighted by atomic mass is 16.5. The predicted octanol–water partition coefficient (Wildman–Crippen LogP) is -0.559. The fourth-order valence-corrected chi connectivity index (χ4v) is 1.18. The third-order valence-corrected chi connectivity index (χ3v) is 1.95. The molecule has 0 spiro atoms. The minimum atomic E-state index is 0.117. The van der Waals surface area contributed by atoms with E-state index in [1.165, 1.54) is 0 Å². The number of nitrogens with one attached hydrogen (secondary N) is 1. The summed E-state index contributed by atoms with van der Waals surface area (Å²) in [6, 6.07) is 0.117. The van der Waals surface area contributed by atoms with Gasteiger partial charge in [0.05, 0.1) is 12.6 Å². The second kappa shape index (κ2) is 4.96. The van der Waals surface area contributed by atoms with E-state index in [0.717, 1.165) is 12.2 Å². The Bertz CT molecular complexity index is 248. The molecule has 0 aliphatic carbocycles. The van der Waals surface area contributed by atoms with Crippen LogP contribution in [0.25, 0.3) is 0 Å². The second-order valence-electron chi connectivity index (χ2n) is 2.98. The first-order valence-corrected chi connectivity index (χ1v) is 4.19. The van der Waals surface area contributed by atoms with Crippen LogP contribution in [-0.4, -0.2) is 29.3 Å². The van der Waals surface area contributed by atoms with Gasteiger partial charge in [0.2, 0.25) is 0 Å². The minimum Gasteiger partial charge on any atom is -0.383 e. The van der Waals surface area contributed by atoms with Crippen molar-refractivity contribution in [1.29, 1.82) is 0 Å². The van der Waals surface area contributed by atoms with Gasteiger partial charge in [-0.3, -0.25) is 11.3 Å². The van der Waals surface area contributed by atoms with Gasteiger partial charge in [0.15, 0.2) is 0 Å². The van der Waals surface area contributed by atoms with Gasteiger partial charge in [-0.05, 0) is 0 Å². The van der Waals surface area contributed by atoms with E-state index in [1.807, 2.05) is 17.8 Å². The summed E-state index contributed by atoms with van der Waals surface area (Å²) >= 11 is 0. The summed E-state index contributed by atoms with van der Waals surface area (Å²) in [4.78, 5) is 4.20. The van der Waals surface area contributed by atoms with Crippen molar-refractivity contribution in [1.82, 2.24) is 15.0 Å². The van der Waals surface area contributed by atoms with Gasteiger partial charge in [-0.2, -0.15) is 0 Å². The van der Waals surface area contributed by atoms with Gasteiger partial charge < -0.3 is 9.30 Å². The Morgan fingerprint density at radius 3 is 3.00 bits per heavy atom. The molecule has 1 atom stereocenters. The Morgan fingerprint density at radius 1 is 1.77 bits per heavy atom. The van der Waals surface area contributed by atoms with Crippen molar-refractivity contribution >= 4 is 0 Å². The van der Waals surface area contributed by atoms with Crippen molar-refractivity contribution in [3.05, 3.63) is 18.2 Å². The molecule has 5 heteroatoms. The molecule has 0 bridgehead atoms. The Morgan fingerprint density at radius 2 is 2.54 bits per heavy atom. The number of nitrogens with zero attached hydrogens (tertiary/aromatic N) is 2. The molecule has 0 aliphatic rings. The number of aromatic nitrogens is 2. The molecule has 1 aromatic rings. The van der Waals surface area contributed by atoms with Gasteiger partial charge in [-0.25, -0.2) is 4.98 Å². The first kappa shape index (κ1) is 10.2. The summed E-state index contributed by atoms with van der Waals surface area (Å²) in [6.07, 6.45) is 4.46. The smallest absolute Gasteiger partial charge is 0.110 e. The summed E-state index contributed by atoms with van der Waals surface area (Å²) in [5.41, 5.74) is 2.69. The van der Waals surface area contributed by atoms with Crippen LogP contribution in [0.3, 0.4) is 0 Å². The number of methoxy groups -OCH3 is 1. The summed E-state index contributed by atoms with van der Waals surface area (Å²) in [5.74, 6) is 6.36. The molecule has 0 aromatic carbocycles. The van der Waals surface area contributed by atoms with Crippen molar-refractivity contribution in [3.8, 4) is 0 Å². The van der Waals surface area contributed by atoms with Crippen LogP contribution in [0.1, 0.15) is 5.82 Å². The molecule has 0 aliphatic heterocycles. The third kappa shape index (κ3) is 2.80. The number of aryl methyl sites for hydroxylation is 1. The lowest BCUT2D eigenvalue weighted by atomic mass is 10.2. The number of imidazole rings is 1. The quantitative estimate of drug-likeness (QED) is 0.475. The first-order chi connectivity index (χ1) is 6.27. The van der Waals surface area contributed by atoms with E-state index < -0.39 is 0 Å². The van der Waals surface area contributed by atoms with Crippen LogP contribution in [0.5, 0.6) is 0 Å². The minimum absolute atomic E-state index is 0.117. The largest absolute Gasteiger partial charge is 0.383 e. The number of hydrogen-bond acceptors (Lipinski definition) is 4. The Balaban J connectivity index is 2.51. The average Bonchev–Trinajstić information content (AvgIpc) is 2.51. The lowest BCUT2D eigenvalue weighted by Gasteiger charge is -2.13. The van der Waals surface area contributed by atoms with E-state index in [9.17, 15) is 0 Å². The van der Waals surface area contributed by atoms with Crippen LogP contribution < -0.4 is 11.3 Å². The second-order valence-corrected chi connectivity index (χ2v) is 2.98. The Labute approximate surface area is 77.9 Å². The monoisotopic (exact) mass is 184 g/mol. The van der Waals surface area contributed by atoms with Gasteiger partial charge in [-0.15, -0.1) is 0 Å². The van der Waals surface area contributed by atoms with Crippen molar-refractivity contribution < 1.29 is 4.74 Å². The standard InChI is InChI=1S/C8H16N4O/c1-12-4-3-10-8(12)5-7(11-9)6-13-2/h3-4,7,11H,5-6,9H2,1-2H3. The molecule has 3 N–H and O–H groups in total. The average molecular weight is 184 g/mol. The number of rotatable bonds is 5. The molecule has 0 amide bonds. The molecule has 5 nitrogen and oxygen atoms in total. The van der Waals surface area contributed by atoms with Gasteiger partial charge in [0.1, 0.15) is 5.82 Å². The number of nitrogens with two attached hydrogens (primary N) is 1. The lowest BCUT2D eigenvalue weighted by Crippen LogP contribution is -2.40. The van der Waals surface area contributed by atoms with Crippen molar-refractivity contribution in [2.45, 2.75) is 12.5 Å². The summed E-state index contributed by atoms with van der Waals surface area (Å²) in [7, 11) is 3.62. The van der Waals surface area contributed by atoms with Crippen LogP contribution in [0.15, 0.2) is 12.4 Å². The van der Waals surface area contributed by atoms with Crippen LogP contribution in [-0.2, 0) is 18.2 Å². The van der Waals surface area contributed by atoms with Crippen molar-refractivity contribution in [3.63, 3.8) is 0 Å². The predicted molar refractivity (Wildman–Crippen MR) is 49.9 cm³/mol. The SMILES string of the molecule is COCC(Cc1nccn1C)NN. The van der Waals surface area contributed by atoms with Crippen molar-refractivity contribution in [2.24, 2.45) is 12.9 Å². The zero-order chi connectivity index (χ0) is 9.68. The summed E-state index contributed by atoms with van der Waals surface area (Å²) < 4.78 is 6.98. The molecular weight excluding hydrogens is 168 g/mol. The molecule has 1 heterocycles. The van der Waals surface area contributed by atoms with Crippen LogP contribution in [0.2, 0.25) is 0 Å². The maximum atomic E-state index is 5.36. The normalized spacial score (nSPS) is 13.2. The molecule has 1 rings (SSSR count). The van der Waals surface area contributed by atoms with Crippen LogP contribution in [0.4, 0.5) is 0 Å². The number of hydrogen-bond donors (Lipinski definition) is 2. The van der Waals surface area contributed by atoms with E-state index in [1.54, 1.807) is 13.3 Å². The Hall–Kier alpha value is -0.910. The fourth-order valence-electron chi connectivity index (χ4n) is 1.18. The van der Waals surface area contributed by atoms with E-state index in [4.69, 9.17) is 10.6 Å². The molecule has 1 aromatic heterocycles. The molecule has 1 unspecified atom stereocenters. The van der Waals surface area contributed by atoms with E-state index in [0.29, 0.717) is 6.61 Å². The zero-order valence-electron chi connectivity index (χ0n) is 8.03. The highest BCUT2D eigenvalue weighted by molar-refractivity contribution is 4.94. The maximum Gasteiger partial charge on any atom is 0.110 e. The zero-order valence-corrected chi connectivity index (χ0v) is 8.03.